The van der Waals surface area contributed by atoms with E-state index in [0.29, 0.717) is 10.8 Å². The van der Waals surface area contributed by atoms with Crippen molar-refractivity contribution in [3.05, 3.63) is 29.9 Å². The maximum Gasteiger partial charge on any atom is 0.307 e. The summed E-state index contributed by atoms with van der Waals surface area (Å²) in [6, 6.07) is 3.59. The van der Waals surface area contributed by atoms with Gasteiger partial charge in [0.1, 0.15) is 5.25 Å². The number of rotatable bonds is 3. The molecule has 1 saturated heterocycles. The zero-order valence-electron chi connectivity index (χ0n) is 10.6. The first-order valence-corrected chi connectivity index (χ1v) is 8.37. The van der Waals surface area contributed by atoms with Crippen LogP contribution in [0.4, 0.5) is 9.02 Å². The van der Waals surface area contributed by atoms with Gasteiger partial charge in [-0.15, -0.1) is 15.2 Å². The summed E-state index contributed by atoms with van der Waals surface area (Å²) in [6.07, 6.45) is 2.93. The van der Waals surface area contributed by atoms with Crippen LogP contribution in [0.5, 0.6) is 0 Å². The number of halogens is 1. The number of hydrogen-bond acceptors (Lipinski definition) is 6. The van der Waals surface area contributed by atoms with Gasteiger partial charge in [0.05, 0.1) is 5.69 Å². The predicted octanol–water partition coefficient (Wildman–Crippen LogP) is 1.61. The van der Waals surface area contributed by atoms with Crippen LogP contribution < -0.4 is 4.90 Å². The Balaban J connectivity index is 1.86. The molecule has 1 atom stereocenters. The molecule has 21 heavy (non-hydrogen) atoms. The molecule has 0 saturated carbocycles. The summed E-state index contributed by atoms with van der Waals surface area (Å²) in [5.41, 5.74) is 1.43. The molecular formula is C12H10FN3O3S2. The lowest BCUT2D eigenvalue weighted by atomic mass is 10.2. The molecule has 1 amide bonds. The van der Waals surface area contributed by atoms with Gasteiger partial charge in [0.2, 0.25) is 5.91 Å². The first-order valence-electron chi connectivity index (χ1n) is 6.05. The van der Waals surface area contributed by atoms with Crippen LogP contribution in [0.1, 0.15) is 6.42 Å². The SMILES string of the molecule is O=C1CC(S(=O)(=O)F)CN1c1nc(-c2cccnc2)cs1. The Bertz CT molecular complexity index is 776. The highest BCUT2D eigenvalue weighted by molar-refractivity contribution is 7.87. The van der Waals surface area contributed by atoms with E-state index in [0.717, 1.165) is 5.56 Å². The van der Waals surface area contributed by atoms with Crippen LogP contribution in [0.2, 0.25) is 0 Å². The van der Waals surface area contributed by atoms with Crippen LogP contribution in [-0.2, 0) is 15.0 Å². The number of hydrogen-bond donors (Lipinski definition) is 0. The van der Waals surface area contributed by atoms with E-state index >= 15 is 0 Å². The standard InChI is InChI=1S/C12H10FN3O3S2/c13-21(18,19)9-4-11(17)16(6-9)12-15-10(7-20-12)8-2-1-3-14-5-8/h1-3,5,7,9H,4,6H2. The molecule has 1 fully saturated rings. The minimum atomic E-state index is -4.72. The summed E-state index contributed by atoms with van der Waals surface area (Å²) in [7, 11) is -4.72. The van der Waals surface area contributed by atoms with Gasteiger partial charge in [-0.05, 0) is 12.1 Å². The molecular weight excluding hydrogens is 317 g/mol. The number of pyridine rings is 1. The van der Waals surface area contributed by atoms with Gasteiger partial charge in [0.25, 0.3) is 0 Å². The lowest BCUT2D eigenvalue weighted by Gasteiger charge is -2.11. The van der Waals surface area contributed by atoms with Crippen LogP contribution in [0.3, 0.4) is 0 Å². The third kappa shape index (κ3) is 2.79. The van der Waals surface area contributed by atoms with Gasteiger partial charge in [-0.3, -0.25) is 14.7 Å². The molecule has 1 aliphatic rings. The molecule has 0 N–H and O–H groups in total. The van der Waals surface area contributed by atoms with Crippen molar-refractivity contribution < 1.29 is 17.1 Å². The summed E-state index contributed by atoms with van der Waals surface area (Å²) in [5, 5.41) is 0.803. The summed E-state index contributed by atoms with van der Waals surface area (Å²) in [6.45, 7) is -0.197. The van der Waals surface area contributed by atoms with Crippen molar-refractivity contribution in [2.45, 2.75) is 11.7 Å². The molecule has 0 aliphatic carbocycles. The molecule has 3 heterocycles. The van der Waals surface area contributed by atoms with Gasteiger partial charge < -0.3 is 0 Å². The van der Waals surface area contributed by atoms with Crippen molar-refractivity contribution in [1.29, 1.82) is 0 Å². The van der Waals surface area contributed by atoms with Gasteiger partial charge in [0, 0.05) is 36.3 Å². The third-order valence-corrected chi connectivity index (χ3v) is 5.14. The molecule has 0 bridgehead atoms. The second-order valence-electron chi connectivity index (χ2n) is 4.56. The average Bonchev–Trinajstić information content (AvgIpc) is 3.05. The summed E-state index contributed by atoms with van der Waals surface area (Å²) >= 11 is 1.21. The second kappa shape index (κ2) is 5.15. The Morgan fingerprint density at radius 2 is 2.24 bits per heavy atom. The maximum absolute atomic E-state index is 13.0. The van der Waals surface area contributed by atoms with Crippen LogP contribution in [0, 0.1) is 0 Å². The number of carbonyl (C=O) groups excluding carboxylic acids is 1. The summed E-state index contributed by atoms with van der Waals surface area (Å²) in [5.74, 6) is -0.437. The Labute approximate surface area is 124 Å². The topological polar surface area (TPSA) is 80.2 Å². The highest BCUT2D eigenvalue weighted by Gasteiger charge is 2.40. The zero-order valence-corrected chi connectivity index (χ0v) is 12.3. The van der Waals surface area contributed by atoms with Crippen molar-refractivity contribution in [2.75, 3.05) is 11.4 Å². The van der Waals surface area contributed by atoms with E-state index in [2.05, 4.69) is 9.97 Å². The fourth-order valence-corrected chi connectivity index (χ4v) is 3.61. The smallest absolute Gasteiger partial charge is 0.287 e. The van der Waals surface area contributed by atoms with Crippen molar-refractivity contribution in [3.8, 4) is 11.3 Å². The molecule has 1 unspecified atom stereocenters. The predicted molar refractivity (Wildman–Crippen MR) is 76.1 cm³/mol. The Morgan fingerprint density at radius 1 is 1.43 bits per heavy atom. The molecule has 110 valence electrons. The van der Waals surface area contributed by atoms with E-state index in [4.69, 9.17) is 0 Å². The molecule has 9 heteroatoms. The van der Waals surface area contributed by atoms with Crippen LogP contribution >= 0.6 is 11.3 Å². The Morgan fingerprint density at radius 3 is 2.86 bits per heavy atom. The number of anilines is 1. The van der Waals surface area contributed by atoms with E-state index in [1.807, 2.05) is 6.07 Å². The first kappa shape index (κ1) is 14.1. The quantitative estimate of drug-likeness (QED) is 0.800. The third-order valence-electron chi connectivity index (χ3n) is 3.17. The van der Waals surface area contributed by atoms with E-state index < -0.39 is 21.4 Å². The molecule has 0 spiro atoms. The maximum atomic E-state index is 13.0. The Kier molecular flexibility index (Phi) is 3.46. The van der Waals surface area contributed by atoms with Crippen molar-refractivity contribution in [3.63, 3.8) is 0 Å². The van der Waals surface area contributed by atoms with Crippen LogP contribution in [-0.4, -0.2) is 36.1 Å². The minimum absolute atomic E-state index is 0.197. The molecule has 2 aromatic rings. The molecule has 1 aliphatic heterocycles. The normalized spacial score (nSPS) is 19.2. The number of carbonyl (C=O) groups is 1. The molecule has 6 nitrogen and oxygen atoms in total. The van der Waals surface area contributed by atoms with Crippen molar-refractivity contribution in [2.24, 2.45) is 0 Å². The van der Waals surface area contributed by atoms with Crippen LogP contribution in [0.15, 0.2) is 29.9 Å². The lowest BCUT2D eigenvalue weighted by molar-refractivity contribution is -0.117. The molecule has 3 rings (SSSR count). The van der Waals surface area contributed by atoms with E-state index in [1.165, 1.54) is 16.2 Å². The number of amides is 1. The minimum Gasteiger partial charge on any atom is -0.287 e. The number of nitrogens with zero attached hydrogens (tertiary/aromatic N) is 3. The fraction of sp³-hybridized carbons (Fsp3) is 0.250. The highest BCUT2D eigenvalue weighted by Crippen LogP contribution is 2.31. The van der Waals surface area contributed by atoms with Gasteiger partial charge in [-0.1, -0.05) is 0 Å². The molecule has 0 aromatic carbocycles. The number of aromatic nitrogens is 2. The second-order valence-corrected chi connectivity index (χ2v) is 7.02. The van der Waals surface area contributed by atoms with Crippen molar-refractivity contribution in [1.82, 2.24) is 9.97 Å². The molecule has 0 radical (unpaired) electrons. The fourth-order valence-electron chi connectivity index (χ4n) is 2.08. The van der Waals surface area contributed by atoms with E-state index in [9.17, 15) is 17.1 Å². The summed E-state index contributed by atoms with van der Waals surface area (Å²) in [4.78, 5) is 21.3. The highest BCUT2D eigenvalue weighted by atomic mass is 32.3. The largest absolute Gasteiger partial charge is 0.307 e. The van der Waals surface area contributed by atoms with Crippen molar-refractivity contribution >= 4 is 32.6 Å². The lowest BCUT2D eigenvalue weighted by Crippen LogP contribution is -2.26. The van der Waals surface area contributed by atoms with Gasteiger partial charge in [0.15, 0.2) is 5.13 Å². The van der Waals surface area contributed by atoms with Gasteiger partial charge in [-0.25, -0.2) is 4.98 Å². The Hall–Kier alpha value is -1.87. The average molecular weight is 327 g/mol. The summed E-state index contributed by atoms with van der Waals surface area (Å²) < 4.78 is 34.8. The van der Waals surface area contributed by atoms with E-state index in [-0.39, 0.29) is 13.0 Å². The zero-order chi connectivity index (χ0) is 15.0. The van der Waals surface area contributed by atoms with E-state index in [1.54, 1.807) is 23.8 Å². The monoisotopic (exact) mass is 327 g/mol. The van der Waals surface area contributed by atoms with Gasteiger partial charge in [-0.2, -0.15) is 8.42 Å². The van der Waals surface area contributed by atoms with Gasteiger partial charge >= 0.3 is 10.2 Å². The number of thiazole rings is 1. The van der Waals surface area contributed by atoms with Crippen LogP contribution in [0.25, 0.3) is 11.3 Å². The molecule has 2 aromatic heterocycles. The first-order chi connectivity index (χ1) is 9.95.